The van der Waals surface area contributed by atoms with Crippen molar-refractivity contribution in [1.82, 2.24) is 14.7 Å². The SMILES string of the molecule is CN(CC(C)(C)O)C(=O)c1[c]c(C(N)=O)nn1C. The average molecular weight is 253 g/mol. The summed E-state index contributed by atoms with van der Waals surface area (Å²) in [5, 5.41) is 13.4. The smallest absolute Gasteiger partial charge is 0.272 e. The van der Waals surface area contributed by atoms with Crippen molar-refractivity contribution in [1.29, 1.82) is 0 Å². The quantitative estimate of drug-likeness (QED) is 0.730. The van der Waals surface area contributed by atoms with Crippen LogP contribution < -0.4 is 5.73 Å². The van der Waals surface area contributed by atoms with Crippen LogP contribution in [0.25, 0.3) is 0 Å². The Morgan fingerprint density at radius 3 is 2.50 bits per heavy atom. The van der Waals surface area contributed by atoms with Crippen LogP contribution in [-0.4, -0.2) is 50.8 Å². The van der Waals surface area contributed by atoms with Gasteiger partial charge in [0.05, 0.1) is 11.7 Å². The molecule has 0 atom stereocenters. The minimum atomic E-state index is -1.00. The predicted octanol–water partition coefficient (Wildman–Crippen LogP) is -0.838. The third-order valence-electron chi connectivity index (χ3n) is 2.22. The van der Waals surface area contributed by atoms with Gasteiger partial charge in [-0.2, -0.15) is 5.10 Å². The van der Waals surface area contributed by atoms with Crippen molar-refractivity contribution < 1.29 is 14.7 Å². The van der Waals surface area contributed by atoms with Crippen LogP contribution >= 0.6 is 0 Å². The van der Waals surface area contributed by atoms with Crippen LogP contribution in [0.15, 0.2) is 0 Å². The molecular formula is C11H17N4O3. The molecule has 0 aliphatic rings. The molecule has 0 unspecified atom stereocenters. The molecule has 0 aromatic carbocycles. The Balaban J connectivity index is 2.93. The van der Waals surface area contributed by atoms with Gasteiger partial charge in [-0.25, -0.2) is 0 Å². The fraction of sp³-hybridized carbons (Fsp3) is 0.545. The standard InChI is InChI=1S/C11H17N4O3/c1-11(2,18)6-14(3)10(17)8-5-7(9(12)16)13-15(8)4/h18H,6H2,1-4H3,(H2,12,16). The monoisotopic (exact) mass is 253 g/mol. The second-order valence-electron chi connectivity index (χ2n) is 4.78. The molecule has 0 fully saturated rings. The number of hydrogen-bond donors (Lipinski definition) is 2. The van der Waals surface area contributed by atoms with Crippen molar-refractivity contribution in [3.8, 4) is 0 Å². The van der Waals surface area contributed by atoms with Gasteiger partial charge in [0, 0.05) is 20.6 Å². The van der Waals surface area contributed by atoms with Crippen LogP contribution in [0.2, 0.25) is 0 Å². The lowest BCUT2D eigenvalue weighted by Gasteiger charge is -2.25. The average Bonchev–Trinajstić information content (AvgIpc) is 2.56. The molecule has 1 heterocycles. The molecule has 7 nitrogen and oxygen atoms in total. The number of nitrogens with two attached hydrogens (primary N) is 1. The third kappa shape index (κ3) is 3.30. The van der Waals surface area contributed by atoms with Crippen LogP contribution in [0.3, 0.4) is 0 Å². The molecule has 0 bridgehead atoms. The summed E-state index contributed by atoms with van der Waals surface area (Å²) in [5.41, 5.74) is 4.09. The van der Waals surface area contributed by atoms with Crippen molar-refractivity contribution in [3.05, 3.63) is 17.5 Å². The molecule has 7 heteroatoms. The highest BCUT2D eigenvalue weighted by molar-refractivity contribution is 5.96. The lowest BCUT2D eigenvalue weighted by molar-refractivity contribution is 0.0362. The Bertz CT molecular complexity index is 473. The van der Waals surface area contributed by atoms with Crippen molar-refractivity contribution in [2.75, 3.05) is 13.6 Å². The number of rotatable bonds is 4. The van der Waals surface area contributed by atoms with Crippen LogP contribution in [0, 0.1) is 6.07 Å². The van der Waals surface area contributed by atoms with Crippen LogP contribution in [0.1, 0.15) is 34.8 Å². The van der Waals surface area contributed by atoms with Crippen molar-refractivity contribution >= 4 is 11.8 Å². The van der Waals surface area contributed by atoms with E-state index in [1.165, 1.54) is 16.6 Å². The fourth-order valence-corrected chi connectivity index (χ4v) is 1.55. The van der Waals surface area contributed by atoms with Crippen LogP contribution in [-0.2, 0) is 7.05 Å². The topological polar surface area (TPSA) is 101 Å². The van der Waals surface area contributed by atoms with Gasteiger partial charge in [-0.3, -0.25) is 14.3 Å². The molecule has 0 saturated carbocycles. The Morgan fingerprint density at radius 2 is 2.11 bits per heavy atom. The molecule has 1 aromatic rings. The summed E-state index contributed by atoms with van der Waals surface area (Å²) in [5.74, 6) is -1.13. The van der Waals surface area contributed by atoms with Crippen molar-refractivity contribution in [2.45, 2.75) is 19.4 Å². The first-order chi connectivity index (χ1) is 8.11. The van der Waals surface area contributed by atoms with Crippen LogP contribution in [0.4, 0.5) is 0 Å². The van der Waals surface area contributed by atoms with Gasteiger partial charge >= 0.3 is 0 Å². The number of amides is 2. The molecule has 1 radical (unpaired) electrons. The summed E-state index contributed by atoms with van der Waals surface area (Å²) in [4.78, 5) is 24.3. The van der Waals surface area contributed by atoms with E-state index < -0.39 is 11.5 Å². The van der Waals surface area contributed by atoms with Gasteiger partial charge in [-0.15, -0.1) is 0 Å². The predicted molar refractivity (Wildman–Crippen MR) is 63.8 cm³/mol. The van der Waals surface area contributed by atoms with Gasteiger partial charge < -0.3 is 15.7 Å². The normalized spacial score (nSPS) is 11.4. The number of hydrogen-bond acceptors (Lipinski definition) is 4. The van der Waals surface area contributed by atoms with E-state index in [4.69, 9.17) is 5.73 Å². The zero-order valence-corrected chi connectivity index (χ0v) is 10.9. The second kappa shape index (κ2) is 4.77. The van der Waals surface area contributed by atoms with E-state index in [-0.39, 0.29) is 23.8 Å². The van der Waals surface area contributed by atoms with Gasteiger partial charge in [-0.1, -0.05) is 0 Å². The first-order valence-electron chi connectivity index (χ1n) is 5.36. The Hall–Kier alpha value is -1.89. The Morgan fingerprint density at radius 1 is 1.56 bits per heavy atom. The van der Waals surface area contributed by atoms with Gasteiger partial charge in [0.1, 0.15) is 5.69 Å². The number of aryl methyl sites for hydroxylation is 1. The summed E-state index contributed by atoms with van der Waals surface area (Å²) in [6.07, 6.45) is 0. The molecule has 1 aromatic heterocycles. The summed E-state index contributed by atoms with van der Waals surface area (Å²) < 4.78 is 1.24. The molecular weight excluding hydrogens is 236 g/mol. The highest BCUT2D eigenvalue weighted by Gasteiger charge is 2.24. The molecule has 1 rings (SSSR count). The van der Waals surface area contributed by atoms with E-state index in [2.05, 4.69) is 11.2 Å². The van der Waals surface area contributed by atoms with Crippen molar-refractivity contribution in [2.24, 2.45) is 12.8 Å². The van der Waals surface area contributed by atoms with Crippen molar-refractivity contribution in [3.63, 3.8) is 0 Å². The Labute approximate surface area is 105 Å². The molecule has 3 N–H and O–H groups in total. The maximum absolute atomic E-state index is 12.0. The third-order valence-corrected chi connectivity index (χ3v) is 2.22. The minimum absolute atomic E-state index is 0.0856. The number of aromatic nitrogens is 2. The summed E-state index contributed by atoms with van der Waals surface area (Å²) in [6.45, 7) is 3.34. The van der Waals surface area contributed by atoms with Crippen LogP contribution in [0.5, 0.6) is 0 Å². The molecule has 0 spiro atoms. The summed E-state index contributed by atoms with van der Waals surface area (Å²) in [7, 11) is 3.07. The van der Waals surface area contributed by atoms with E-state index in [1.54, 1.807) is 20.9 Å². The van der Waals surface area contributed by atoms with E-state index in [9.17, 15) is 14.7 Å². The number of nitrogens with zero attached hydrogens (tertiary/aromatic N) is 3. The Kier molecular flexibility index (Phi) is 3.76. The molecule has 0 aliphatic heterocycles. The summed E-state index contributed by atoms with van der Waals surface area (Å²) >= 11 is 0. The molecule has 0 aliphatic carbocycles. The fourth-order valence-electron chi connectivity index (χ4n) is 1.55. The number of primary amides is 1. The number of aliphatic hydroxyl groups is 1. The molecule has 0 saturated heterocycles. The first kappa shape index (κ1) is 14.2. The zero-order chi connectivity index (χ0) is 14.1. The van der Waals surface area contributed by atoms with Gasteiger partial charge in [0.15, 0.2) is 5.69 Å². The second-order valence-corrected chi connectivity index (χ2v) is 4.78. The molecule has 2 amide bonds. The molecule has 99 valence electrons. The highest BCUT2D eigenvalue weighted by Crippen LogP contribution is 2.09. The van der Waals surface area contributed by atoms with E-state index in [0.29, 0.717) is 0 Å². The van der Waals surface area contributed by atoms with E-state index in [1.807, 2.05) is 0 Å². The largest absolute Gasteiger partial charge is 0.389 e. The number of carbonyl (C=O) groups excluding carboxylic acids is 2. The van der Waals surface area contributed by atoms with Gasteiger partial charge in [0.2, 0.25) is 0 Å². The maximum Gasteiger partial charge on any atom is 0.272 e. The van der Waals surface area contributed by atoms with Gasteiger partial charge in [0.25, 0.3) is 11.8 Å². The molecule has 18 heavy (non-hydrogen) atoms. The van der Waals surface area contributed by atoms with E-state index in [0.717, 1.165) is 0 Å². The van der Waals surface area contributed by atoms with Gasteiger partial charge in [-0.05, 0) is 13.8 Å². The highest BCUT2D eigenvalue weighted by atomic mass is 16.3. The number of likely N-dealkylation sites (N-methyl/N-ethyl adjacent to an activating group) is 1. The lowest BCUT2D eigenvalue weighted by atomic mass is 10.1. The lowest BCUT2D eigenvalue weighted by Crippen LogP contribution is -2.40. The number of carbonyl (C=O) groups is 2. The summed E-state index contributed by atoms with van der Waals surface area (Å²) in [6, 6.07) is 2.55. The minimum Gasteiger partial charge on any atom is -0.389 e. The maximum atomic E-state index is 12.0. The van der Waals surface area contributed by atoms with E-state index >= 15 is 0 Å². The first-order valence-corrected chi connectivity index (χ1v) is 5.36. The zero-order valence-electron chi connectivity index (χ0n) is 10.9.